The molecule has 0 radical (unpaired) electrons. The smallest absolute Gasteiger partial charge is 0.255 e. The highest BCUT2D eigenvalue weighted by atomic mass is 79.9. The fourth-order valence-corrected chi connectivity index (χ4v) is 4.38. The number of benzene rings is 2. The Kier molecular flexibility index (Phi) is 6.15. The molecule has 1 fully saturated rings. The van der Waals surface area contributed by atoms with Crippen LogP contribution in [0.5, 0.6) is 5.75 Å². The Balaban J connectivity index is 1.89. The average Bonchev–Trinajstić information content (AvgIpc) is 2.69. The molecule has 1 heterocycles. The first-order valence-electron chi connectivity index (χ1n) is 8.24. The van der Waals surface area contributed by atoms with Crippen LogP contribution in [-0.4, -0.2) is 52.0 Å². The first-order chi connectivity index (χ1) is 12.9. The third kappa shape index (κ3) is 4.49. The number of ether oxygens (including phenoxy) is 2. The highest BCUT2D eigenvalue weighted by Crippen LogP contribution is 2.29. The van der Waals surface area contributed by atoms with E-state index in [1.165, 1.54) is 29.6 Å². The van der Waals surface area contributed by atoms with Gasteiger partial charge < -0.3 is 14.8 Å². The Morgan fingerprint density at radius 1 is 1.15 bits per heavy atom. The molecule has 7 nitrogen and oxygen atoms in total. The Morgan fingerprint density at radius 3 is 2.44 bits per heavy atom. The van der Waals surface area contributed by atoms with E-state index in [1.54, 1.807) is 24.3 Å². The molecule has 0 aliphatic carbocycles. The third-order valence-corrected chi connectivity index (χ3v) is 6.56. The number of hydrogen-bond donors (Lipinski definition) is 1. The molecular formula is C18H19BrN2O5S. The second-order valence-corrected chi connectivity index (χ2v) is 8.69. The van der Waals surface area contributed by atoms with Crippen molar-refractivity contribution in [3.8, 4) is 5.75 Å². The monoisotopic (exact) mass is 454 g/mol. The summed E-state index contributed by atoms with van der Waals surface area (Å²) in [5.74, 6) is 0.0168. The lowest BCUT2D eigenvalue weighted by Gasteiger charge is -2.26. The molecule has 0 spiro atoms. The minimum atomic E-state index is -3.68. The van der Waals surface area contributed by atoms with Crippen LogP contribution < -0.4 is 10.1 Å². The van der Waals surface area contributed by atoms with Crippen molar-refractivity contribution in [1.82, 2.24) is 4.31 Å². The van der Waals surface area contributed by atoms with E-state index in [1.807, 2.05) is 0 Å². The van der Waals surface area contributed by atoms with Crippen LogP contribution in [-0.2, 0) is 14.8 Å². The van der Waals surface area contributed by atoms with E-state index in [-0.39, 0.29) is 10.8 Å². The van der Waals surface area contributed by atoms with Crippen molar-refractivity contribution in [2.45, 2.75) is 4.90 Å². The standard InChI is InChI=1S/C18H19BrN2O5S/c1-25-17-7-6-15(27(23,24)21-8-10-26-11-9-21)12-16(17)20-18(22)13-2-4-14(19)5-3-13/h2-7,12H,8-11H2,1H3,(H,20,22). The van der Waals surface area contributed by atoms with Gasteiger partial charge >= 0.3 is 0 Å². The molecule has 1 saturated heterocycles. The number of morpholine rings is 1. The molecule has 0 bridgehead atoms. The number of sulfonamides is 1. The Bertz CT molecular complexity index is 925. The molecular weight excluding hydrogens is 436 g/mol. The molecule has 1 N–H and O–H groups in total. The molecule has 0 unspecified atom stereocenters. The van der Waals surface area contributed by atoms with Gasteiger partial charge in [0, 0.05) is 23.1 Å². The van der Waals surface area contributed by atoms with E-state index in [2.05, 4.69) is 21.2 Å². The Labute approximate surface area is 166 Å². The molecule has 0 aromatic heterocycles. The van der Waals surface area contributed by atoms with Crippen LogP contribution in [0.15, 0.2) is 51.8 Å². The number of halogens is 1. The van der Waals surface area contributed by atoms with E-state index in [0.717, 1.165) is 4.47 Å². The van der Waals surface area contributed by atoms with Gasteiger partial charge in [-0.25, -0.2) is 8.42 Å². The van der Waals surface area contributed by atoms with Gasteiger partial charge in [0.15, 0.2) is 0 Å². The number of nitrogens with zero attached hydrogens (tertiary/aromatic N) is 1. The molecule has 0 saturated carbocycles. The maximum atomic E-state index is 12.8. The zero-order valence-corrected chi connectivity index (χ0v) is 17.0. The van der Waals surface area contributed by atoms with Crippen LogP contribution >= 0.6 is 15.9 Å². The van der Waals surface area contributed by atoms with Crippen LogP contribution in [0, 0.1) is 0 Å². The topological polar surface area (TPSA) is 84.9 Å². The van der Waals surface area contributed by atoms with Gasteiger partial charge in [-0.05, 0) is 42.5 Å². The van der Waals surface area contributed by atoms with Gasteiger partial charge in [0.05, 0.1) is 30.9 Å². The van der Waals surface area contributed by atoms with Crippen molar-refractivity contribution >= 4 is 37.5 Å². The van der Waals surface area contributed by atoms with Crippen LogP contribution in [0.25, 0.3) is 0 Å². The Hall–Kier alpha value is -1.94. The summed E-state index contributed by atoms with van der Waals surface area (Å²) >= 11 is 3.32. The van der Waals surface area contributed by atoms with Crippen molar-refractivity contribution < 1.29 is 22.7 Å². The zero-order valence-electron chi connectivity index (χ0n) is 14.6. The highest BCUT2D eigenvalue weighted by Gasteiger charge is 2.27. The van der Waals surface area contributed by atoms with Crippen molar-refractivity contribution in [3.05, 3.63) is 52.5 Å². The first-order valence-corrected chi connectivity index (χ1v) is 10.5. The molecule has 3 rings (SSSR count). The largest absolute Gasteiger partial charge is 0.495 e. The van der Waals surface area contributed by atoms with Gasteiger partial charge in [-0.1, -0.05) is 15.9 Å². The first kappa shape index (κ1) is 19.8. The average molecular weight is 455 g/mol. The normalized spacial score (nSPS) is 15.3. The lowest BCUT2D eigenvalue weighted by molar-refractivity contribution is 0.0730. The zero-order chi connectivity index (χ0) is 19.4. The van der Waals surface area contributed by atoms with Crippen LogP contribution in [0.1, 0.15) is 10.4 Å². The van der Waals surface area contributed by atoms with Gasteiger partial charge in [0.1, 0.15) is 5.75 Å². The molecule has 1 aliphatic rings. The maximum Gasteiger partial charge on any atom is 0.255 e. The summed E-state index contributed by atoms with van der Waals surface area (Å²) in [6.07, 6.45) is 0. The van der Waals surface area contributed by atoms with E-state index in [9.17, 15) is 13.2 Å². The molecule has 144 valence electrons. The number of nitrogens with one attached hydrogen (secondary N) is 1. The second-order valence-electron chi connectivity index (χ2n) is 5.84. The number of rotatable bonds is 5. The van der Waals surface area contributed by atoms with Crippen molar-refractivity contribution in [2.75, 3.05) is 38.7 Å². The summed E-state index contributed by atoms with van der Waals surface area (Å²) in [5.41, 5.74) is 0.737. The summed E-state index contributed by atoms with van der Waals surface area (Å²) in [6, 6.07) is 11.3. The maximum absolute atomic E-state index is 12.8. The van der Waals surface area contributed by atoms with Gasteiger partial charge in [0.25, 0.3) is 5.91 Å². The summed E-state index contributed by atoms with van der Waals surface area (Å²) in [7, 11) is -2.22. The van der Waals surface area contributed by atoms with Gasteiger partial charge in [-0.2, -0.15) is 4.31 Å². The van der Waals surface area contributed by atoms with Gasteiger partial charge in [0.2, 0.25) is 10.0 Å². The SMILES string of the molecule is COc1ccc(S(=O)(=O)N2CCOCC2)cc1NC(=O)c1ccc(Br)cc1. The molecule has 2 aromatic rings. The summed E-state index contributed by atoms with van der Waals surface area (Å²) in [6.45, 7) is 1.33. The fourth-order valence-electron chi connectivity index (χ4n) is 2.68. The predicted molar refractivity (Wildman–Crippen MR) is 105 cm³/mol. The number of carbonyl (C=O) groups is 1. The van der Waals surface area contributed by atoms with Crippen molar-refractivity contribution in [2.24, 2.45) is 0 Å². The molecule has 9 heteroatoms. The molecule has 27 heavy (non-hydrogen) atoms. The molecule has 1 amide bonds. The fraction of sp³-hybridized carbons (Fsp3) is 0.278. The van der Waals surface area contributed by atoms with Crippen LogP contribution in [0.3, 0.4) is 0 Å². The minimum Gasteiger partial charge on any atom is -0.495 e. The van der Waals surface area contributed by atoms with Crippen LogP contribution in [0.2, 0.25) is 0 Å². The Morgan fingerprint density at radius 2 is 1.81 bits per heavy atom. The molecule has 1 aliphatic heterocycles. The number of amides is 1. The van der Waals surface area contributed by atoms with Gasteiger partial charge in [-0.3, -0.25) is 4.79 Å². The molecule has 0 atom stereocenters. The summed E-state index contributed by atoms with van der Waals surface area (Å²) in [5, 5.41) is 2.73. The molecule has 2 aromatic carbocycles. The van der Waals surface area contributed by atoms with E-state index in [4.69, 9.17) is 9.47 Å². The van der Waals surface area contributed by atoms with E-state index in [0.29, 0.717) is 43.3 Å². The van der Waals surface area contributed by atoms with Crippen molar-refractivity contribution in [3.63, 3.8) is 0 Å². The lowest BCUT2D eigenvalue weighted by Crippen LogP contribution is -2.40. The number of hydrogen-bond acceptors (Lipinski definition) is 5. The van der Waals surface area contributed by atoms with E-state index >= 15 is 0 Å². The summed E-state index contributed by atoms with van der Waals surface area (Å²) < 4.78 is 38.4. The van der Waals surface area contributed by atoms with E-state index < -0.39 is 10.0 Å². The third-order valence-electron chi connectivity index (χ3n) is 4.13. The number of methoxy groups -OCH3 is 1. The highest BCUT2D eigenvalue weighted by molar-refractivity contribution is 9.10. The second kappa shape index (κ2) is 8.39. The van der Waals surface area contributed by atoms with Crippen LogP contribution in [0.4, 0.5) is 5.69 Å². The number of anilines is 1. The van der Waals surface area contributed by atoms with Crippen molar-refractivity contribution in [1.29, 1.82) is 0 Å². The summed E-state index contributed by atoms with van der Waals surface area (Å²) in [4.78, 5) is 12.6. The lowest BCUT2D eigenvalue weighted by atomic mass is 10.2. The number of carbonyl (C=O) groups excluding carboxylic acids is 1. The quantitative estimate of drug-likeness (QED) is 0.750. The minimum absolute atomic E-state index is 0.0938. The predicted octanol–water partition coefficient (Wildman–Crippen LogP) is 2.73. The van der Waals surface area contributed by atoms with Gasteiger partial charge in [-0.15, -0.1) is 0 Å².